The third-order valence-electron chi connectivity index (χ3n) is 16.8. The van der Waals surface area contributed by atoms with Crippen molar-refractivity contribution in [3.8, 4) is 0 Å². The SMILES string of the molecule is CC/C=C\C/C=C\C/C=C\C/C=C\C/C=C\C/C=C\C/C=C\CCCCCCCCCC(=O)NC(COC1OC(CO)C(O)C(O)C1O)C(O)CCCCCCCCCCCCCCCCCCCCCCCCCCCCCCCCCC. The molecule has 1 rings (SSSR count). The predicted molar refractivity (Wildman–Crippen MR) is 359 cm³/mol. The summed E-state index contributed by atoms with van der Waals surface area (Å²) in [7, 11) is 0. The molecule has 0 aliphatic carbocycles. The Kier molecular flexibility index (Phi) is 59.9. The number of aliphatic hydroxyl groups is 5. The van der Waals surface area contributed by atoms with Gasteiger partial charge in [-0.3, -0.25) is 4.79 Å². The van der Waals surface area contributed by atoms with E-state index in [0.29, 0.717) is 12.8 Å². The first kappa shape index (κ1) is 79.4. The van der Waals surface area contributed by atoms with Crippen LogP contribution in [0.5, 0.6) is 0 Å². The number of rotatable bonds is 62. The molecule has 7 unspecified atom stereocenters. The second kappa shape index (κ2) is 63.4. The topological polar surface area (TPSA) is 149 Å². The molecule has 0 aromatic heterocycles. The van der Waals surface area contributed by atoms with Crippen LogP contribution in [0, 0.1) is 0 Å². The van der Waals surface area contributed by atoms with E-state index < -0.39 is 49.5 Å². The molecule has 0 aromatic carbocycles. The van der Waals surface area contributed by atoms with Crippen LogP contribution in [0.25, 0.3) is 0 Å². The van der Waals surface area contributed by atoms with E-state index in [1.54, 1.807) is 0 Å². The van der Waals surface area contributed by atoms with Gasteiger partial charge < -0.3 is 40.3 Å². The Morgan fingerprint density at radius 3 is 1.10 bits per heavy atom. The van der Waals surface area contributed by atoms with Crippen LogP contribution in [0.4, 0.5) is 0 Å². The zero-order chi connectivity index (χ0) is 60.7. The highest BCUT2D eigenvalue weighted by Gasteiger charge is 2.44. The van der Waals surface area contributed by atoms with Gasteiger partial charge in [-0.2, -0.15) is 0 Å². The summed E-state index contributed by atoms with van der Waals surface area (Å²) in [5, 5.41) is 55.0. The Labute approximate surface area is 518 Å². The number of unbranched alkanes of at least 4 members (excludes halogenated alkanes) is 38. The van der Waals surface area contributed by atoms with Crippen molar-refractivity contribution in [2.75, 3.05) is 13.2 Å². The number of carbonyl (C=O) groups excluding carboxylic acids is 1. The summed E-state index contributed by atoms with van der Waals surface area (Å²) < 4.78 is 11.4. The second-order valence-corrected chi connectivity index (χ2v) is 24.7. The smallest absolute Gasteiger partial charge is 0.220 e. The number of nitrogens with one attached hydrogen (secondary N) is 1. The van der Waals surface area contributed by atoms with E-state index in [1.807, 2.05) is 0 Å². The molecule has 9 nitrogen and oxygen atoms in total. The molecule has 0 saturated carbocycles. The summed E-state index contributed by atoms with van der Waals surface area (Å²) >= 11 is 0. The van der Waals surface area contributed by atoms with Gasteiger partial charge in [-0.1, -0.05) is 336 Å². The fourth-order valence-electron chi connectivity index (χ4n) is 11.2. The monoisotopic (exact) mass is 1180 g/mol. The number of hydrogen-bond acceptors (Lipinski definition) is 8. The molecule has 0 aromatic rings. The van der Waals surface area contributed by atoms with Crippen LogP contribution in [0.3, 0.4) is 0 Å². The molecule has 0 radical (unpaired) electrons. The number of ether oxygens (including phenoxy) is 2. The van der Waals surface area contributed by atoms with Crippen LogP contribution >= 0.6 is 0 Å². The highest BCUT2D eigenvalue weighted by Crippen LogP contribution is 2.24. The lowest BCUT2D eigenvalue weighted by atomic mass is 9.99. The standard InChI is InChI=1S/C75H135NO8/c1-3-5-7-9-11-13-15-17-19-21-23-25-27-29-31-33-34-35-37-38-40-42-44-46-48-50-52-54-56-58-60-62-64-69(78)68(67-83-75-74(82)73(81)72(80)70(66-77)84-75)76-71(79)65-63-61-59-57-55-53-51-49-47-45-43-41-39-36-32-30-28-26-24-22-20-18-16-14-12-10-8-6-4-2/h6,8,12,14,18,20,24,26,30,32,39,41,45,47,68-70,72-75,77-78,80-82H,3-5,7,9-11,13,15-17,19,21-23,25,27-29,31,33-38,40,42-44,46,48-67H2,1-2H3,(H,76,79)/b8-6-,14-12-,20-18-,26-24-,32-30-,41-39-,47-45-. The van der Waals surface area contributed by atoms with Crippen LogP contribution in [-0.4, -0.2) is 87.5 Å². The predicted octanol–water partition coefficient (Wildman–Crippen LogP) is 19.7. The normalized spacial score (nSPS) is 18.7. The van der Waals surface area contributed by atoms with Gasteiger partial charge in [-0.15, -0.1) is 0 Å². The number of allylic oxidation sites excluding steroid dienone is 14. The van der Waals surface area contributed by atoms with E-state index in [9.17, 15) is 30.3 Å². The Bertz CT molecular complexity index is 1600. The van der Waals surface area contributed by atoms with Gasteiger partial charge in [0.1, 0.15) is 24.4 Å². The van der Waals surface area contributed by atoms with E-state index in [2.05, 4.69) is 104 Å². The molecule has 1 aliphatic rings. The van der Waals surface area contributed by atoms with Crippen LogP contribution in [-0.2, 0) is 14.3 Å². The highest BCUT2D eigenvalue weighted by molar-refractivity contribution is 5.76. The lowest BCUT2D eigenvalue weighted by Crippen LogP contribution is -2.60. The average Bonchev–Trinajstić information content (AvgIpc) is 3.69. The molecule has 1 heterocycles. The molecule has 1 aliphatic heterocycles. The Morgan fingerprint density at radius 2 is 0.738 bits per heavy atom. The van der Waals surface area contributed by atoms with E-state index in [-0.39, 0.29) is 12.5 Å². The van der Waals surface area contributed by atoms with E-state index in [0.717, 1.165) is 96.3 Å². The van der Waals surface area contributed by atoms with Crippen LogP contribution in [0.1, 0.15) is 328 Å². The number of carbonyl (C=O) groups is 1. The summed E-state index contributed by atoms with van der Waals surface area (Å²) in [5.74, 6) is -0.154. The number of aliphatic hydroxyl groups excluding tert-OH is 5. The van der Waals surface area contributed by atoms with Gasteiger partial charge in [0.25, 0.3) is 0 Å². The molecule has 1 saturated heterocycles. The van der Waals surface area contributed by atoms with E-state index in [1.165, 1.54) is 205 Å². The van der Waals surface area contributed by atoms with Gasteiger partial charge in [0, 0.05) is 6.42 Å². The molecule has 1 amide bonds. The van der Waals surface area contributed by atoms with Crippen molar-refractivity contribution in [2.45, 2.75) is 371 Å². The van der Waals surface area contributed by atoms with Crippen molar-refractivity contribution >= 4 is 5.91 Å². The average molecular weight is 1180 g/mol. The lowest BCUT2D eigenvalue weighted by Gasteiger charge is -2.40. The molecular formula is C75H135NO8. The number of hydrogen-bond donors (Lipinski definition) is 6. The summed E-state index contributed by atoms with van der Waals surface area (Å²) in [5.41, 5.74) is 0. The first-order valence-electron chi connectivity index (χ1n) is 35.8. The van der Waals surface area contributed by atoms with Crippen molar-refractivity contribution in [3.63, 3.8) is 0 Å². The first-order valence-corrected chi connectivity index (χ1v) is 35.8. The van der Waals surface area contributed by atoms with Gasteiger partial charge >= 0.3 is 0 Å². The van der Waals surface area contributed by atoms with Crippen molar-refractivity contribution in [1.82, 2.24) is 5.32 Å². The van der Waals surface area contributed by atoms with Crippen LogP contribution in [0.2, 0.25) is 0 Å². The maximum Gasteiger partial charge on any atom is 0.220 e. The summed E-state index contributed by atoms with van der Waals surface area (Å²) in [4.78, 5) is 13.2. The minimum absolute atomic E-state index is 0.146. The minimum atomic E-state index is -1.56. The van der Waals surface area contributed by atoms with Gasteiger partial charge in [0.15, 0.2) is 6.29 Å². The summed E-state index contributed by atoms with van der Waals surface area (Å²) in [6.45, 7) is 3.75. The number of amides is 1. The second-order valence-electron chi connectivity index (χ2n) is 24.7. The van der Waals surface area contributed by atoms with Gasteiger partial charge in [-0.25, -0.2) is 0 Å². The molecule has 84 heavy (non-hydrogen) atoms. The summed E-state index contributed by atoms with van der Waals surface area (Å²) in [6, 6.07) is -0.733. The summed E-state index contributed by atoms with van der Waals surface area (Å²) in [6.07, 6.45) is 83.6. The van der Waals surface area contributed by atoms with Crippen molar-refractivity contribution in [2.24, 2.45) is 0 Å². The van der Waals surface area contributed by atoms with Crippen molar-refractivity contribution in [1.29, 1.82) is 0 Å². The van der Waals surface area contributed by atoms with E-state index >= 15 is 0 Å². The highest BCUT2D eigenvalue weighted by atomic mass is 16.7. The third-order valence-corrected chi connectivity index (χ3v) is 16.8. The van der Waals surface area contributed by atoms with Crippen LogP contribution < -0.4 is 5.32 Å². The quantitative estimate of drug-likeness (QED) is 0.0261. The van der Waals surface area contributed by atoms with Crippen molar-refractivity contribution < 1.29 is 39.8 Å². The maximum absolute atomic E-state index is 13.2. The van der Waals surface area contributed by atoms with E-state index in [4.69, 9.17) is 9.47 Å². The zero-order valence-corrected chi connectivity index (χ0v) is 54.6. The molecular weight excluding hydrogens is 1040 g/mol. The van der Waals surface area contributed by atoms with Crippen molar-refractivity contribution in [3.05, 3.63) is 85.1 Å². The molecule has 6 N–H and O–H groups in total. The largest absolute Gasteiger partial charge is 0.394 e. The molecule has 9 heteroatoms. The zero-order valence-electron chi connectivity index (χ0n) is 54.6. The fourth-order valence-corrected chi connectivity index (χ4v) is 11.2. The Hall–Kier alpha value is -2.63. The maximum atomic E-state index is 13.2. The molecule has 488 valence electrons. The fraction of sp³-hybridized carbons (Fsp3) is 0.800. The third kappa shape index (κ3) is 51.4. The minimum Gasteiger partial charge on any atom is -0.394 e. The molecule has 7 atom stereocenters. The Balaban J connectivity index is 2.13. The molecule has 0 spiro atoms. The van der Waals surface area contributed by atoms with Gasteiger partial charge in [0.05, 0.1) is 25.4 Å². The lowest BCUT2D eigenvalue weighted by molar-refractivity contribution is -0.302. The first-order chi connectivity index (χ1) is 41.3. The van der Waals surface area contributed by atoms with Gasteiger partial charge in [0.2, 0.25) is 5.91 Å². The Morgan fingerprint density at radius 1 is 0.417 bits per heavy atom. The van der Waals surface area contributed by atoms with Gasteiger partial charge in [-0.05, 0) is 70.6 Å². The molecule has 0 bridgehead atoms. The van der Waals surface area contributed by atoms with Crippen LogP contribution in [0.15, 0.2) is 85.1 Å². The molecule has 1 fully saturated rings.